The number of unbranched alkanes of at least 4 members (excludes halogenated alkanes) is 1. The van der Waals surface area contributed by atoms with Crippen LogP contribution in [0.15, 0.2) is 60.7 Å². The van der Waals surface area contributed by atoms with Crippen LogP contribution in [-0.2, 0) is 0 Å². The number of carbonyl (C=O) groups is 1. The smallest absolute Gasteiger partial charge is 0.263 e. The van der Waals surface area contributed by atoms with Gasteiger partial charge in [0.1, 0.15) is 10.6 Å². The lowest BCUT2D eigenvalue weighted by atomic mass is 10.1. The Morgan fingerprint density at radius 3 is 2.46 bits per heavy atom. The number of aromatic nitrogens is 1. The number of hydrogen-bond donors (Lipinski definition) is 1. The number of nitrogens with one attached hydrogen (secondary N) is 1. The number of para-hydroxylation sites is 1. The third-order valence-corrected chi connectivity index (χ3v) is 4.83. The summed E-state index contributed by atoms with van der Waals surface area (Å²) in [7, 11) is 0. The molecule has 0 saturated heterocycles. The first kappa shape index (κ1) is 18.1. The maximum absolute atomic E-state index is 12.5. The molecule has 0 atom stereocenters. The summed E-state index contributed by atoms with van der Waals surface area (Å²) >= 11 is 1.44. The number of amides is 1. The van der Waals surface area contributed by atoms with Gasteiger partial charge in [-0.15, -0.1) is 11.3 Å². The molecule has 1 N–H and O–H groups in total. The van der Waals surface area contributed by atoms with E-state index in [2.05, 4.69) is 10.3 Å². The predicted octanol–water partition coefficient (Wildman–Crippen LogP) is 4.71. The molecule has 0 aliphatic carbocycles. The molecular weight excluding hydrogens is 344 g/mol. The molecule has 1 amide bonds. The highest BCUT2D eigenvalue weighted by atomic mass is 32.1. The molecular formula is C21H22N2O2S. The molecule has 0 saturated carbocycles. The fraction of sp³-hybridized carbons (Fsp3) is 0.238. The van der Waals surface area contributed by atoms with Crippen LogP contribution in [-0.4, -0.2) is 24.0 Å². The van der Waals surface area contributed by atoms with E-state index in [0.717, 1.165) is 34.9 Å². The largest absolute Gasteiger partial charge is 0.494 e. The molecule has 1 aromatic heterocycles. The molecule has 134 valence electrons. The van der Waals surface area contributed by atoms with Crippen molar-refractivity contribution in [3.05, 3.63) is 70.5 Å². The zero-order valence-corrected chi connectivity index (χ0v) is 15.6. The summed E-state index contributed by atoms with van der Waals surface area (Å²) in [6, 6.07) is 19.6. The van der Waals surface area contributed by atoms with Gasteiger partial charge >= 0.3 is 0 Å². The Morgan fingerprint density at radius 2 is 1.73 bits per heavy atom. The van der Waals surface area contributed by atoms with Gasteiger partial charge in [0, 0.05) is 12.1 Å². The SMILES string of the molecule is Cc1nc(-c2ccccc2)c(C(=O)NCCCCOc2ccccc2)s1. The number of rotatable bonds is 8. The average molecular weight is 366 g/mol. The molecule has 0 aliphatic heterocycles. The van der Waals surface area contributed by atoms with Gasteiger partial charge in [0.05, 0.1) is 17.3 Å². The predicted molar refractivity (Wildman–Crippen MR) is 106 cm³/mol. The third kappa shape index (κ3) is 4.92. The number of carbonyl (C=O) groups excluding carboxylic acids is 1. The van der Waals surface area contributed by atoms with Crippen LogP contribution in [0.4, 0.5) is 0 Å². The van der Waals surface area contributed by atoms with Crippen LogP contribution < -0.4 is 10.1 Å². The Kier molecular flexibility index (Phi) is 6.39. The minimum Gasteiger partial charge on any atom is -0.494 e. The molecule has 0 unspecified atom stereocenters. The van der Waals surface area contributed by atoms with Crippen LogP contribution in [0.2, 0.25) is 0 Å². The number of nitrogens with zero attached hydrogens (tertiary/aromatic N) is 1. The summed E-state index contributed by atoms with van der Waals surface area (Å²) < 4.78 is 5.66. The lowest BCUT2D eigenvalue weighted by Crippen LogP contribution is -2.24. The molecule has 2 aromatic carbocycles. The van der Waals surface area contributed by atoms with Gasteiger partial charge in [-0.25, -0.2) is 4.98 Å². The van der Waals surface area contributed by atoms with Gasteiger partial charge in [0.15, 0.2) is 0 Å². The highest BCUT2D eigenvalue weighted by molar-refractivity contribution is 7.14. The van der Waals surface area contributed by atoms with E-state index < -0.39 is 0 Å². The zero-order chi connectivity index (χ0) is 18.2. The number of ether oxygens (including phenoxy) is 1. The first-order valence-electron chi connectivity index (χ1n) is 8.73. The van der Waals surface area contributed by atoms with Crippen molar-refractivity contribution < 1.29 is 9.53 Å². The Hall–Kier alpha value is -2.66. The molecule has 0 fully saturated rings. The molecule has 3 rings (SSSR count). The fourth-order valence-corrected chi connectivity index (χ4v) is 3.45. The number of aryl methyl sites for hydroxylation is 1. The van der Waals surface area contributed by atoms with Gasteiger partial charge in [-0.05, 0) is 31.9 Å². The van der Waals surface area contributed by atoms with Crippen molar-refractivity contribution in [2.45, 2.75) is 19.8 Å². The lowest BCUT2D eigenvalue weighted by molar-refractivity contribution is 0.0957. The van der Waals surface area contributed by atoms with E-state index in [1.165, 1.54) is 11.3 Å². The van der Waals surface area contributed by atoms with Gasteiger partial charge in [0.2, 0.25) is 0 Å². The van der Waals surface area contributed by atoms with E-state index in [1.54, 1.807) is 0 Å². The minimum absolute atomic E-state index is 0.0570. The zero-order valence-electron chi connectivity index (χ0n) is 14.8. The summed E-state index contributed by atoms with van der Waals surface area (Å²) in [6.45, 7) is 3.20. The van der Waals surface area contributed by atoms with Crippen LogP contribution in [0.5, 0.6) is 5.75 Å². The Bertz CT molecular complexity index is 832. The minimum atomic E-state index is -0.0570. The van der Waals surface area contributed by atoms with Crippen molar-refractivity contribution in [2.75, 3.05) is 13.2 Å². The Labute approximate surface area is 157 Å². The average Bonchev–Trinajstić information content (AvgIpc) is 3.08. The van der Waals surface area contributed by atoms with E-state index in [-0.39, 0.29) is 5.91 Å². The Morgan fingerprint density at radius 1 is 1.04 bits per heavy atom. The topological polar surface area (TPSA) is 51.2 Å². The first-order valence-corrected chi connectivity index (χ1v) is 9.54. The third-order valence-electron chi connectivity index (χ3n) is 3.86. The number of thiazole rings is 1. The van der Waals surface area contributed by atoms with Crippen molar-refractivity contribution in [3.8, 4) is 17.0 Å². The van der Waals surface area contributed by atoms with Crippen molar-refractivity contribution in [3.63, 3.8) is 0 Å². The lowest BCUT2D eigenvalue weighted by Gasteiger charge is -2.07. The van der Waals surface area contributed by atoms with Gasteiger partial charge in [-0.2, -0.15) is 0 Å². The van der Waals surface area contributed by atoms with Gasteiger partial charge < -0.3 is 10.1 Å². The van der Waals surface area contributed by atoms with Crippen molar-refractivity contribution in [1.29, 1.82) is 0 Å². The maximum Gasteiger partial charge on any atom is 0.263 e. The molecule has 5 heteroatoms. The normalized spacial score (nSPS) is 10.5. The maximum atomic E-state index is 12.5. The molecule has 3 aromatic rings. The van der Waals surface area contributed by atoms with Gasteiger partial charge in [-0.1, -0.05) is 48.5 Å². The molecule has 0 bridgehead atoms. The van der Waals surface area contributed by atoms with E-state index >= 15 is 0 Å². The van der Waals surface area contributed by atoms with E-state index in [1.807, 2.05) is 67.6 Å². The second-order valence-corrected chi connectivity index (χ2v) is 7.10. The van der Waals surface area contributed by atoms with Crippen molar-refractivity contribution in [1.82, 2.24) is 10.3 Å². The van der Waals surface area contributed by atoms with E-state index in [0.29, 0.717) is 18.0 Å². The van der Waals surface area contributed by atoms with Crippen LogP contribution in [0, 0.1) is 6.92 Å². The van der Waals surface area contributed by atoms with Gasteiger partial charge in [-0.3, -0.25) is 4.79 Å². The Balaban J connectivity index is 1.47. The highest BCUT2D eigenvalue weighted by Crippen LogP contribution is 2.27. The van der Waals surface area contributed by atoms with Crippen molar-refractivity contribution >= 4 is 17.2 Å². The second kappa shape index (κ2) is 9.15. The first-order chi connectivity index (χ1) is 12.7. The fourth-order valence-electron chi connectivity index (χ4n) is 2.59. The molecule has 0 aliphatic rings. The summed E-state index contributed by atoms with van der Waals surface area (Å²) in [5, 5.41) is 3.89. The molecule has 4 nitrogen and oxygen atoms in total. The number of hydrogen-bond acceptors (Lipinski definition) is 4. The van der Waals surface area contributed by atoms with E-state index in [9.17, 15) is 4.79 Å². The standard InChI is InChI=1S/C21H22N2O2S/c1-16-23-19(17-10-4-2-5-11-17)20(26-16)21(24)22-14-8-9-15-25-18-12-6-3-7-13-18/h2-7,10-13H,8-9,14-15H2,1H3,(H,22,24). The molecule has 0 radical (unpaired) electrons. The van der Waals surface area contributed by atoms with Crippen LogP contribution in [0.25, 0.3) is 11.3 Å². The summed E-state index contributed by atoms with van der Waals surface area (Å²) in [4.78, 5) is 17.7. The quantitative estimate of drug-likeness (QED) is 0.588. The summed E-state index contributed by atoms with van der Waals surface area (Å²) in [5.74, 6) is 0.822. The molecule has 1 heterocycles. The van der Waals surface area contributed by atoms with Crippen LogP contribution in [0.3, 0.4) is 0 Å². The summed E-state index contributed by atoms with van der Waals surface area (Å²) in [6.07, 6.45) is 1.76. The van der Waals surface area contributed by atoms with Crippen molar-refractivity contribution in [2.24, 2.45) is 0 Å². The second-order valence-electron chi connectivity index (χ2n) is 5.90. The summed E-state index contributed by atoms with van der Waals surface area (Å²) in [5.41, 5.74) is 1.73. The highest BCUT2D eigenvalue weighted by Gasteiger charge is 2.17. The molecule has 0 spiro atoms. The molecule has 26 heavy (non-hydrogen) atoms. The van der Waals surface area contributed by atoms with E-state index in [4.69, 9.17) is 4.74 Å². The van der Waals surface area contributed by atoms with Crippen LogP contribution in [0.1, 0.15) is 27.5 Å². The number of benzene rings is 2. The van der Waals surface area contributed by atoms with Gasteiger partial charge in [0.25, 0.3) is 5.91 Å². The monoisotopic (exact) mass is 366 g/mol. The van der Waals surface area contributed by atoms with Crippen LogP contribution >= 0.6 is 11.3 Å².